The van der Waals surface area contributed by atoms with Gasteiger partial charge < -0.3 is 4.57 Å². The summed E-state index contributed by atoms with van der Waals surface area (Å²) in [5, 5.41) is 12.9. The topological polar surface area (TPSA) is 60.4 Å². The number of aromatic nitrogens is 1. The van der Waals surface area contributed by atoms with Gasteiger partial charge in [0.1, 0.15) is 5.82 Å². The fourth-order valence-electron chi connectivity index (χ4n) is 2.97. The molecule has 1 aromatic heterocycles. The van der Waals surface area contributed by atoms with Crippen molar-refractivity contribution in [3.05, 3.63) is 74.6 Å². The van der Waals surface area contributed by atoms with Crippen molar-refractivity contribution in [1.82, 2.24) is 4.57 Å². The number of hydrogen-bond donors (Lipinski definition) is 0. The molecule has 1 heterocycles. The van der Waals surface area contributed by atoms with Crippen molar-refractivity contribution in [1.29, 1.82) is 0 Å². The van der Waals surface area contributed by atoms with Crippen molar-refractivity contribution in [3.63, 3.8) is 0 Å². The smallest absolute Gasteiger partial charge is 0.269 e. The second-order valence-electron chi connectivity index (χ2n) is 6.30. The molecule has 5 nitrogen and oxygen atoms in total. The van der Waals surface area contributed by atoms with Crippen LogP contribution in [0.3, 0.4) is 0 Å². The van der Waals surface area contributed by atoms with E-state index in [-0.39, 0.29) is 17.5 Å². The predicted octanol–water partition coefficient (Wildman–Crippen LogP) is 5.86. The van der Waals surface area contributed by atoms with E-state index < -0.39 is 4.92 Å². The van der Waals surface area contributed by atoms with Gasteiger partial charge in [-0.25, -0.2) is 9.38 Å². The molecule has 0 radical (unpaired) electrons. The Balaban J connectivity index is 2.10. The van der Waals surface area contributed by atoms with E-state index >= 15 is 0 Å². The van der Waals surface area contributed by atoms with Crippen LogP contribution in [0.15, 0.2) is 58.9 Å². The van der Waals surface area contributed by atoms with Gasteiger partial charge in [-0.1, -0.05) is 13.3 Å². The second-order valence-corrected chi connectivity index (χ2v) is 7.14. The molecule has 140 valence electrons. The molecule has 0 aliphatic rings. The van der Waals surface area contributed by atoms with E-state index in [0.29, 0.717) is 5.69 Å². The fourth-order valence-corrected chi connectivity index (χ4v) is 3.98. The zero-order chi connectivity index (χ0) is 19.4. The molecule has 1 atom stereocenters. The minimum atomic E-state index is -0.402. The second kappa shape index (κ2) is 8.26. The van der Waals surface area contributed by atoms with Gasteiger partial charge in [-0.3, -0.25) is 10.1 Å². The van der Waals surface area contributed by atoms with Crippen LogP contribution in [0.25, 0.3) is 11.3 Å². The maximum absolute atomic E-state index is 13.2. The first-order valence-corrected chi connectivity index (χ1v) is 9.62. The highest BCUT2D eigenvalue weighted by molar-refractivity contribution is 7.07. The fraction of sp³-hybridized carbons (Fsp3) is 0.250. The summed E-state index contributed by atoms with van der Waals surface area (Å²) in [6.45, 7) is 4.26. The highest BCUT2D eigenvalue weighted by Gasteiger charge is 2.15. The number of hydrogen-bond acceptors (Lipinski definition) is 4. The molecule has 3 rings (SSSR count). The first-order valence-electron chi connectivity index (χ1n) is 8.74. The maximum atomic E-state index is 13.2. The maximum Gasteiger partial charge on any atom is 0.269 e. The minimum Gasteiger partial charge on any atom is -0.314 e. The summed E-state index contributed by atoms with van der Waals surface area (Å²) in [6, 6.07) is 12.8. The minimum absolute atomic E-state index is 0.0679. The molecule has 7 heteroatoms. The van der Waals surface area contributed by atoms with Crippen LogP contribution in [0.2, 0.25) is 0 Å². The van der Waals surface area contributed by atoms with Crippen LogP contribution in [0, 0.1) is 15.9 Å². The van der Waals surface area contributed by atoms with Crippen LogP contribution >= 0.6 is 11.3 Å². The summed E-state index contributed by atoms with van der Waals surface area (Å²) in [7, 11) is 0. The molecule has 0 spiro atoms. The van der Waals surface area contributed by atoms with Crippen LogP contribution in [-0.2, 0) is 0 Å². The summed E-state index contributed by atoms with van der Waals surface area (Å²) in [6.07, 6.45) is 2.01. The largest absolute Gasteiger partial charge is 0.314 e. The third-order valence-corrected chi connectivity index (χ3v) is 5.15. The van der Waals surface area contributed by atoms with E-state index in [1.54, 1.807) is 24.3 Å². The Labute approximate surface area is 160 Å². The third kappa shape index (κ3) is 4.31. The Bertz CT molecular complexity index is 991. The molecular formula is C20H20FN3O2S. The predicted molar refractivity (Wildman–Crippen MR) is 106 cm³/mol. The van der Waals surface area contributed by atoms with Crippen LogP contribution < -0.4 is 4.80 Å². The van der Waals surface area contributed by atoms with Gasteiger partial charge in [-0.2, -0.15) is 0 Å². The lowest BCUT2D eigenvalue weighted by Gasteiger charge is -2.16. The molecule has 0 N–H and O–H groups in total. The van der Waals surface area contributed by atoms with E-state index in [2.05, 4.69) is 23.4 Å². The Hall–Kier alpha value is -2.80. The average Bonchev–Trinajstić information content (AvgIpc) is 3.07. The molecule has 0 amide bonds. The zero-order valence-electron chi connectivity index (χ0n) is 15.1. The zero-order valence-corrected chi connectivity index (χ0v) is 15.9. The molecule has 2 aromatic carbocycles. The average molecular weight is 385 g/mol. The van der Waals surface area contributed by atoms with E-state index in [0.717, 1.165) is 28.9 Å². The lowest BCUT2D eigenvalue weighted by molar-refractivity contribution is -0.384. The number of thiazole rings is 1. The van der Waals surface area contributed by atoms with Crippen LogP contribution in [0.4, 0.5) is 15.8 Å². The molecule has 0 aliphatic carbocycles. The van der Waals surface area contributed by atoms with Crippen LogP contribution in [-0.4, -0.2) is 9.49 Å². The SMILES string of the molecule is CCCC(C)n1c(-c2ccc([N+](=O)[O-])cc2)csc1=Nc1ccc(F)cc1. The Morgan fingerprint density at radius 1 is 1.19 bits per heavy atom. The molecule has 0 saturated carbocycles. The lowest BCUT2D eigenvalue weighted by atomic mass is 10.1. The first kappa shape index (κ1) is 19.0. The molecule has 3 aromatic rings. The highest BCUT2D eigenvalue weighted by Crippen LogP contribution is 2.27. The van der Waals surface area contributed by atoms with E-state index in [4.69, 9.17) is 0 Å². The number of halogens is 1. The summed E-state index contributed by atoms with van der Waals surface area (Å²) in [5.74, 6) is -0.293. The number of non-ortho nitro benzene ring substituents is 1. The normalized spacial score (nSPS) is 12.9. The van der Waals surface area contributed by atoms with Gasteiger partial charge in [0.05, 0.1) is 16.3 Å². The van der Waals surface area contributed by atoms with Crippen molar-refractivity contribution in [2.75, 3.05) is 0 Å². The Kier molecular flexibility index (Phi) is 5.81. The van der Waals surface area contributed by atoms with Crippen LogP contribution in [0.1, 0.15) is 32.7 Å². The van der Waals surface area contributed by atoms with Gasteiger partial charge in [0, 0.05) is 23.6 Å². The summed E-state index contributed by atoms with van der Waals surface area (Å²) < 4.78 is 15.3. The van der Waals surface area contributed by atoms with Gasteiger partial charge in [0.2, 0.25) is 0 Å². The Morgan fingerprint density at radius 2 is 1.85 bits per heavy atom. The van der Waals surface area contributed by atoms with E-state index in [1.807, 2.05) is 5.38 Å². The van der Waals surface area contributed by atoms with Crippen molar-refractivity contribution in [3.8, 4) is 11.3 Å². The van der Waals surface area contributed by atoms with Crippen LogP contribution in [0.5, 0.6) is 0 Å². The van der Waals surface area contributed by atoms with Crippen molar-refractivity contribution in [2.24, 2.45) is 4.99 Å². The van der Waals surface area contributed by atoms with Gasteiger partial charge in [-0.05, 0) is 55.3 Å². The quantitative estimate of drug-likeness (QED) is 0.394. The molecule has 1 unspecified atom stereocenters. The number of nitro groups is 1. The molecule has 0 fully saturated rings. The first-order chi connectivity index (χ1) is 13.0. The van der Waals surface area contributed by atoms with Crippen molar-refractivity contribution >= 4 is 22.7 Å². The van der Waals surface area contributed by atoms with Crippen molar-refractivity contribution < 1.29 is 9.31 Å². The lowest BCUT2D eigenvalue weighted by Crippen LogP contribution is -2.19. The van der Waals surface area contributed by atoms with Gasteiger partial charge in [-0.15, -0.1) is 11.3 Å². The van der Waals surface area contributed by atoms with E-state index in [1.165, 1.54) is 35.6 Å². The molecule has 0 aliphatic heterocycles. The highest BCUT2D eigenvalue weighted by atomic mass is 32.1. The standard InChI is InChI=1S/C20H20FN3O2S/c1-3-4-14(2)23-19(15-5-11-18(12-6-15)24(25)26)13-27-20(23)22-17-9-7-16(21)8-10-17/h5-14H,3-4H2,1-2H3. The monoisotopic (exact) mass is 385 g/mol. The number of nitrogens with zero attached hydrogens (tertiary/aromatic N) is 3. The number of benzene rings is 2. The molecule has 0 saturated heterocycles. The molecule has 27 heavy (non-hydrogen) atoms. The number of nitro benzene ring substituents is 1. The van der Waals surface area contributed by atoms with E-state index in [9.17, 15) is 14.5 Å². The van der Waals surface area contributed by atoms with Gasteiger partial charge in [0.25, 0.3) is 5.69 Å². The van der Waals surface area contributed by atoms with Gasteiger partial charge in [0.15, 0.2) is 4.80 Å². The molecular weight excluding hydrogens is 365 g/mol. The summed E-state index contributed by atoms with van der Waals surface area (Å²) in [5.41, 5.74) is 2.63. The number of rotatable bonds is 6. The third-order valence-electron chi connectivity index (χ3n) is 4.31. The van der Waals surface area contributed by atoms with Gasteiger partial charge >= 0.3 is 0 Å². The Morgan fingerprint density at radius 3 is 2.44 bits per heavy atom. The summed E-state index contributed by atoms with van der Waals surface area (Å²) in [4.78, 5) is 16.0. The van der Waals surface area contributed by atoms with Crippen molar-refractivity contribution in [2.45, 2.75) is 32.7 Å². The molecule has 0 bridgehead atoms. The summed E-state index contributed by atoms with van der Waals surface area (Å²) >= 11 is 1.50.